The highest BCUT2D eigenvalue weighted by Crippen LogP contribution is 2.29. The lowest BCUT2D eigenvalue weighted by Crippen LogP contribution is -2.50. The van der Waals surface area contributed by atoms with E-state index in [1.165, 1.54) is 0 Å². The van der Waals surface area contributed by atoms with Crippen molar-refractivity contribution in [2.75, 3.05) is 31.6 Å². The van der Waals surface area contributed by atoms with Crippen molar-refractivity contribution in [3.8, 4) is 0 Å². The van der Waals surface area contributed by atoms with E-state index in [2.05, 4.69) is 15.9 Å². The van der Waals surface area contributed by atoms with E-state index in [0.717, 1.165) is 18.2 Å². The van der Waals surface area contributed by atoms with E-state index in [0.29, 0.717) is 26.3 Å². The number of hydrogen-bond donors (Lipinski definition) is 0. The van der Waals surface area contributed by atoms with Gasteiger partial charge in [0.1, 0.15) is 5.60 Å². The number of carbonyl (C=O) groups excluding carboxylic acids is 1. The second-order valence-corrected chi connectivity index (χ2v) is 7.61. The Hall–Kier alpha value is -0.330. The molecule has 22 heavy (non-hydrogen) atoms. The largest absolute Gasteiger partial charge is 0.444 e. The van der Waals surface area contributed by atoms with Crippen LogP contribution >= 0.6 is 15.9 Å². The van der Waals surface area contributed by atoms with E-state index in [9.17, 15) is 4.79 Å². The smallest absolute Gasteiger partial charge is 0.410 e. The van der Waals surface area contributed by atoms with Crippen LogP contribution in [0.5, 0.6) is 0 Å². The molecule has 0 radical (unpaired) electrons. The van der Waals surface area contributed by atoms with Crippen LogP contribution < -0.4 is 0 Å². The van der Waals surface area contributed by atoms with E-state index in [-0.39, 0.29) is 17.8 Å². The lowest BCUT2D eigenvalue weighted by atomic mass is 9.93. The third-order valence-corrected chi connectivity index (χ3v) is 4.53. The van der Waals surface area contributed by atoms with Gasteiger partial charge in [-0.15, -0.1) is 0 Å². The van der Waals surface area contributed by atoms with Gasteiger partial charge in [0.15, 0.2) is 0 Å². The average Bonchev–Trinajstić information content (AvgIpc) is 2.42. The van der Waals surface area contributed by atoms with Gasteiger partial charge in [0.25, 0.3) is 0 Å². The molecule has 1 aliphatic heterocycles. The molecule has 1 rings (SSSR count). The highest BCUT2D eigenvalue weighted by Gasteiger charge is 2.37. The Morgan fingerprint density at radius 2 is 1.82 bits per heavy atom. The van der Waals surface area contributed by atoms with Crippen LogP contribution in [0.25, 0.3) is 0 Å². The third-order valence-electron chi connectivity index (χ3n) is 3.51. The summed E-state index contributed by atoms with van der Waals surface area (Å²) >= 11 is 3.55. The van der Waals surface area contributed by atoms with Crippen LogP contribution in [0.3, 0.4) is 0 Å². The molecule has 0 saturated carbocycles. The van der Waals surface area contributed by atoms with Crippen molar-refractivity contribution in [3.63, 3.8) is 0 Å². The maximum atomic E-state index is 12.1. The zero-order valence-electron chi connectivity index (χ0n) is 14.5. The topological polar surface area (TPSA) is 48.0 Å². The first-order valence-corrected chi connectivity index (χ1v) is 9.09. The quantitative estimate of drug-likeness (QED) is 0.522. The van der Waals surface area contributed by atoms with E-state index in [1.54, 1.807) is 4.90 Å². The van der Waals surface area contributed by atoms with E-state index < -0.39 is 5.60 Å². The van der Waals surface area contributed by atoms with Gasteiger partial charge >= 0.3 is 6.09 Å². The van der Waals surface area contributed by atoms with E-state index in [1.807, 2.05) is 34.6 Å². The fourth-order valence-electron chi connectivity index (χ4n) is 2.28. The first-order chi connectivity index (χ1) is 10.2. The molecule has 0 aromatic rings. The number of likely N-dealkylation sites (tertiary alicyclic amines) is 1. The highest BCUT2D eigenvalue weighted by molar-refractivity contribution is 9.09. The van der Waals surface area contributed by atoms with Gasteiger partial charge in [0.2, 0.25) is 0 Å². The molecule has 0 unspecified atom stereocenters. The minimum Gasteiger partial charge on any atom is -0.444 e. The maximum Gasteiger partial charge on any atom is 0.410 e. The van der Waals surface area contributed by atoms with Gasteiger partial charge in [-0.1, -0.05) is 15.9 Å². The van der Waals surface area contributed by atoms with Crippen molar-refractivity contribution in [1.29, 1.82) is 0 Å². The molecule has 6 heteroatoms. The standard InChI is InChI=1S/C16H30BrNO4/c1-13(2)20-10-11-21-16(12-17)6-8-18(9-7-16)14(19)22-15(3,4)5/h13H,6-12H2,1-5H3. The molecular weight excluding hydrogens is 350 g/mol. The number of ether oxygens (including phenoxy) is 3. The van der Waals surface area contributed by atoms with E-state index >= 15 is 0 Å². The fourth-order valence-corrected chi connectivity index (χ4v) is 3.00. The number of alkyl halides is 1. The van der Waals surface area contributed by atoms with Gasteiger partial charge in [0, 0.05) is 18.4 Å². The lowest BCUT2D eigenvalue weighted by Gasteiger charge is -2.40. The normalized spacial score (nSPS) is 18.6. The summed E-state index contributed by atoms with van der Waals surface area (Å²) in [4.78, 5) is 13.8. The summed E-state index contributed by atoms with van der Waals surface area (Å²) in [7, 11) is 0. The molecule has 1 aliphatic rings. The minimum atomic E-state index is -0.453. The summed E-state index contributed by atoms with van der Waals surface area (Å²) in [6.07, 6.45) is 1.59. The third kappa shape index (κ3) is 6.84. The fraction of sp³-hybridized carbons (Fsp3) is 0.938. The molecule has 1 fully saturated rings. The SMILES string of the molecule is CC(C)OCCOC1(CBr)CCN(C(=O)OC(C)(C)C)CC1. The predicted octanol–water partition coefficient (Wildman–Crippen LogP) is 3.59. The number of halogens is 1. The molecule has 0 aromatic carbocycles. The molecule has 1 amide bonds. The lowest BCUT2D eigenvalue weighted by molar-refractivity contribution is -0.0892. The molecular formula is C16H30BrNO4. The summed E-state index contributed by atoms with van der Waals surface area (Å²) in [5.74, 6) is 0. The summed E-state index contributed by atoms with van der Waals surface area (Å²) < 4.78 is 17.0. The number of hydrogen-bond acceptors (Lipinski definition) is 4. The van der Waals surface area contributed by atoms with Gasteiger partial charge in [0.05, 0.1) is 24.9 Å². The van der Waals surface area contributed by atoms with Crippen LogP contribution in [0.15, 0.2) is 0 Å². The molecule has 0 bridgehead atoms. The van der Waals surface area contributed by atoms with Crippen molar-refractivity contribution in [3.05, 3.63) is 0 Å². The van der Waals surface area contributed by atoms with Gasteiger partial charge in [-0.25, -0.2) is 4.79 Å². The van der Waals surface area contributed by atoms with Crippen LogP contribution in [-0.4, -0.2) is 59.9 Å². The summed E-state index contributed by atoms with van der Waals surface area (Å²) in [6, 6.07) is 0. The minimum absolute atomic E-state index is 0.209. The van der Waals surface area contributed by atoms with Crippen molar-refractivity contribution in [2.24, 2.45) is 0 Å². The summed E-state index contributed by atoms with van der Waals surface area (Å²) in [5, 5.41) is 0.768. The van der Waals surface area contributed by atoms with Crippen LogP contribution in [0.4, 0.5) is 4.79 Å². The number of rotatable bonds is 6. The van der Waals surface area contributed by atoms with Crippen molar-refractivity contribution in [2.45, 2.75) is 64.8 Å². The summed E-state index contributed by atoms with van der Waals surface area (Å²) in [5.41, 5.74) is -0.662. The maximum absolute atomic E-state index is 12.1. The highest BCUT2D eigenvalue weighted by atomic mass is 79.9. The number of carbonyl (C=O) groups is 1. The first kappa shape index (κ1) is 19.7. The molecule has 1 heterocycles. The second kappa shape index (κ2) is 8.50. The second-order valence-electron chi connectivity index (χ2n) is 7.05. The molecule has 0 aromatic heterocycles. The zero-order chi connectivity index (χ0) is 16.8. The van der Waals surface area contributed by atoms with Crippen molar-refractivity contribution in [1.82, 2.24) is 4.90 Å². The molecule has 0 atom stereocenters. The van der Waals surface area contributed by atoms with Crippen LogP contribution in [-0.2, 0) is 14.2 Å². The molecule has 0 N–H and O–H groups in total. The number of nitrogens with zero attached hydrogens (tertiary/aromatic N) is 1. The number of amides is 1. The first-order valence-electron chi connectivity index (χ1n) is 7.97. The molecule has 130 valence electrons. The molecule has 1 saturated heterocycles. The Bertz CT molecular complexity index is 347. The summed E-state index contributed by atoms with van der Waals surface area (Å²) in [6.45, 7) is 12.2. The van der Waals surface area contributed by atoms with Gasteiger partial charge < -0.3 is 19.1 Å². The van der Waals surface area contributed by atoms with Crippen molar-refractivity contribution < 1.29 is 19.0 Å². The molecule has 5 nitrogen and oxygen atoms in total. The van der Waals surface area contributed by atoms with Gasteiger partial charge in [-0.2, -0.15) is 0 Å². The Balaban J connectivity index is 2.41. The number of piperidine rings is 1. The van der Waals surface area contributed by atoms with Gasteiger partial charge in [-0.05, 0) is 47.5 Å². The predicted molar refractivity (Wildman–Crippen MR) is 90.6 cm³/mol. The monoisotopic (exact) mass is 379 g/mol. The Kier molecular flexibility index (Phi) is 7.62. The molecule has 0 spiro atoms. The Morgan fingerprint density at radius 1 is 1.23 bits per heavy atom. The van der Waals surface area contributed by atoms with Crippen LogP contribution in [0, 0.1) is 0 Å². The average molecular weight is 380 g/mol. The van der Waals surface area contributed by atoms with Crippen molar-refractivity contribution >= 4 is 22.0 Å². The zero-order valence-corrected chi connectivity index (χ0v) is 16.1. The van der Waals surface area contributed by atoms with E-state index in [4.69, 9.17) is 14.2 Å². The molecule has 0 aliphatic carbocycles. The van der Waals surface area contributed by atoms with Gasteiger partial charge in [-0.3, -0.25) is 0 Å². The van der Waals surface area contributed by atoms with Crippen LogP contribution in [0.2, 0.25) is 0 Å². The Morgan fingerprint density at radius 3 is 2.27 bits per heavy atom. The Labute approximate surface area is 142 Å². The van der Waals surface area contributed by atoms with Crippen LogP contribution in [0.1, 0.15) is 47.5 Å².